The van der Waals surface area contributed by atoms with Gasteiger partial charge in [-0.3, -0.25) is 0 Å². The quantitative estimate of drug-likeness (QED) is 0.617. The van der Waals surface area contributed by atoms with Crippen LogP contribution in [0.4, 0.5) is 0 Å². The highest BCUT2D eigenvalue weighted by molar-refractivity contribution is 6.27. The summed E-state index contributed by atoms with van der Waals surface area (Å²) in [6.07, 6.45) is 2.42. The lowest BCUT2D eigenvalue weighted by molar-refractivity contribution is -0.159. The fourth-order valence-electron chi connectivity index (χ4n) is 1.47. The molecule has 1 fully saturated rings. The van der Waals surface area contributed by atoms with E-state index >= 15 is 0 Å². The Balaban J connectivity index is 0.000000209. The van der Waals surface area contributed by atoms with Crippen molar-refractivity contribution in [3.8, 4) is 0 Å². The van der Waals surface area contributed by atoms with Crippen molar-refractivity contribution >= 4 is 11.9 Å². The molecular weight excluding hydrogens is 228 g/mol. The van der Waals surface area contributed by atoms with Crippen LogP contribution in [0.5, 0.6) is 0 Å². The Labute approximate surface area is 97.4 Å². The first-order valence-corrected chi connectivity index (χ1v) is 5.13. The number of aromatic nitrogens is 1. The first-order valence-electron chi connectivity index (χ1n) is 5.13. The van der Waals surface area contributed by atoms with Crippen LogP contribution in [0.3, 0.4) is 0 Å². The third kappa shape index (κ3) is 4.23. The summed E-state index contributed by atoms with van der Waals surface area (Å²) < 4.78 is 5.14. The van der Waals surface area contributed by atoms with Crippen LogP contribution in [-0.4, -0.2) is 33.9 Å². The standard InChI is InChI=1S/C8H12N2O.C2H2O4/c1-6-5-8(11-10-6)7-3-2-4-9-7;3-1(4)2(5)6/h5,7,9H,2-4H2,1H3;(H,3,4)(H,5,6)/t7-;/m1./s1. The number of nitrogens with one attached hydrogen (secondary N) is 1. The van der Waals surface area contributed by atoms with Crippen LogP contribution >= 0.6 is 0 Å². The Morgan fingerprint density at radius 1 is 1.47 bits per heavy atom. The SMILES string of the molecule is Cc1cc([C@H]2CCCN2)on1.O=C(O)C(=O)O. The number of rotatable bonds is 1. The molecule has 0 bridgehead atoms. The smallest absolute Gasteiger partial charge is 0.414 e. The zero-order valence-corrected chi connectivity index (χ0v) is 9.34. The van der Waals surface area contributed by atoms with Gasteiger partial charge in [0.05, 0.1) is 11.7 Å². The molecule has 0 spiro atoms. The van der Waals surface area contributed by atoms with Gasteiger partial charge in [-0.1, -0.05) is 5.16 Å². The highest BCUT2D eigenvalue weighted by Gasteiger charge is 2.19. The van der Waals surface area contributed by atoms with Crippen molar-refractivity contribution in [2.45, 2.75) is 25.8 Å². The van der Waals surface area contributed by atoms with E-state index in [0.29, 0.717) is 6.04 Å². The van der Waals surface area contributed by atoms with Gasteiger partial charge < -0.3 is 20.1 Å². The maximum absolute atomic E-state index is 9.10. The highest BCUT2D eigenvalue weighted by Crippen LogP contribution is 2.22. The third-order valence-electron chi connectivity index (χ3n) is 2.23. The monoisotopic (exact) mass is 242 g/mol. The molecule has 1 aliphatic rings. The Hall–Kier alpha value is -1.89. The summed E-state index contributed by atoms with van der Waals surface area (Å²) in [6.45, 7) is 3.05. The summed E-state index contributed by atoms with van der Waals surface area (Å²) in [5.74, 6) is -2.66. The minimum atomic E-state index is -1.82. The van der Waals surface area contributed by atoms with Crippen LogP contribution in [0.25, 0.3) is 0 Å². The van der Waals surface area contributed by atoms with Crippen molar-refractivity contribution in [2.24, 2.45) is 0 Å². The van der Waals surface area contributed by atoms with E-state index in [0.717, 1.165) is 18.0 Å². The van der Waals surface area contributed by atoms with E-state index in [4.69, 9.17) is 24.3 Å². The first kappa shape index (κ1) is 13.2. The molecule has 0 saturated carbocycles. The Morgan fingerprint density at radius 3 is 2.47 bits per heavy atom. The maximum Gasteiger partial charge on any atom is 0.414 e. The molecule has 1 aromatic rings. The summed E-state index contributed by atoms with van der Waals surface area (Å²) in [6, 6.07) is 2.42. The normalized spacial score (nSPS) is 18.3. The van der Waals surface area contributed by atoms with E-state index in [1.165, 1.54) is 12.8 Å². The molecule has 1 aliphatic heterocycles. The van der Waals surface area contributed by atoms with Crippen LogP contribution in [0.15, 0.2) is 10.6 Å². The third-order valence-corrected chi connectivity index (χ3v) is 2.23. The van der Waals surface area contributed by atoms with Crippen LogP contribution in [0, 0.1) is 6.92 Å². The first-order chi connectivity index (χ1) is 8.00. The fourth-order valence-corrected chi connectivity index (χ4v) is 1.47. The van der Waals surface area contributed by atoms with Gasteiger partial charge in [-0.05, 0) is 26.3 Å². The molecule has 94 valence electrons. The van der Waals surface area contributed by atoms with Crippen molar-refractivity contribution in [3.05, 3.63) is 17.5 Å². The molecule has 1 aromatic heterocycles. The lowest BCUT2D eigenvalue weighted by atomic mass is 10.2. The molecule has 3 N–H and O–H groups in total. The molecule has 2 heterocycles. The molecule has 17 heavy (non-hydrogen) atoms. The van der Waals surface area contributed by atoms with Crippen molar-refractivity contribution in [3.63, 3.8) is 0 Å². The molecule has 7 heteroatoms. The van der Waals surface area contributed by atoms with Gasteiger partial charge in [0, 0.05) is 6.07 Å². The van der Waals surface area contributed by atoms with E-state index in [1.807, 2.05) is 13.0 Å². The fraction of sp³-hybridized carbons (Fsp3) is 0.500. The zero-order chi connectivity index (χ0) is 12.8. The molecule has 0 amide bonds. The predicted octanol–water partition coefficient (Wildman–Crippen LogP) is 0.563. The van der Waals surface area contributed by atoms with Crippen LogP contribution in [-0.2, 0) is 9.59 Å². The van der Waals surface area contributed by atoms with Crippen LogP contribution in [0.1, 0.15) is 30.3 Å². The molecule has 1 atom stereocenters. The van der Waals surface area contributed by atoms with Gasteiger partial charge in [0.2, 0.25) is 0 Å². The average molecular weight is 242 g/mol. The molecule has 0 unspecified atom stereocenters. The van der Waals surface area contributed by atoms with Gasteiger partial charge in [0.15, 0.2) is 5.76 Å². The van der Waals surface area contributed by atoms with Gasteiger partial charge in [-0.15, -0.1) is 0 Å². The van der Waals surface area contributed by atoms with Crippen molar-refractivity contribution in [1.82, 2.24) is 10.5 Å². The number of carbonyl (C=O) groups is 2. The molecular formula is C10H14N2O5. The van der Waals surface area contributed by atoms with Gasteiger partial charge in [0.25, 0.3) is 0 Å². The van der Waals surface area contributed by atoms with Gasteiger partial charge in [-0.25, -0.2) is 9.59 Å². The molecule has 2 rings (SSSR count). The molecule has 0 aliphatic carbocycles. The second kappa shape index (κ2) is 6.00. The summed E-state index contributed by atoms with van der Waals surface area (Å²) in [4.78, 5) is 18.2. The number of aryl methyl sites for hydroxylation is 1. The van der Waals surface area contributed by atoms with Gasteiger partial charge in [-0.2, -0.15) is 0 Å². The summed E-state index contributed by atoms with van der Waals surface area (Å²) in [7, 11) is 0. The number of aliphatic carboxylic acids is 2. The highest BCUT2D eigenvalue weighted by atomic mass is 16.5. The zero-order valence-electron chi connectivity index (χ0n) is 9.34. The minimum Gasteiger partial charge on any atom is -0.473 e. The number of carboxylic acid groups (broad SMARTS) is 2. The second-order valence-corrected chi connectivity index (χ2v) is 3.63. The lowest BCUT2D eigenvalue weighted by Gasteiger charge is -2.02. The summed E-state index contributed by atoms with van der Waals surface area (Å²) in [5.41, 5.74) is 0.966. The lowest BCUT2D eigenvalue weighted by Crippen LogP contribution is -2.11. The largest absolute Gasteiger partial charge is 0.473 e. The van der Waals surface area contributed by atoms with E-state index in [2.05, 4.69) is 10.5 Å². The van der Waals surface area contributed by atoms with E-state index in [-0.39, 0.29) is 0 Å². The Kier molecular flexibility index (Phi) is 4.65. The van der Waals surface area contributed by atoms with E-state index in [1.54, 1.807) is 0 Å². The number of nitrogens with zero attached hydrogens (tertiary/aromatic N) is 1. The molecule has 7 nitrogen and oxygen atoms in total. The molecule has 0 aromatic carbocycles. The van der Waals surface area contributed by atoms with Crippen molar-refractivity contribution < 1.29 is 24.3 Å². The number of hydrogen-bond donors (Lipinski definition) is 3. The maximum atomic E-state index is 9.10. The Morgan fingerprint density at radius 2 is 2.12 bits per heavy atom. The summed E-state index contributed by atoms with van der Waals surface area (Å²) in [5, 5.41) is 22.0. The molecule has 1 saturated heterocycles. The van der Waals surface area contributed by atoms with Gasteiger partial charge >= 0.3 is 11.9 Å². The Bertz CT molecular complexity index is 383. The second-order valence-electron chi connectivity index (χ2n) is 3.63. The van der Waals surface area contributed by atoms with E-state index < -0.39 is 11.9 Å². The minimum absolute atomic E-state index is 0.413. The number of hydrogen-bond acceptors (Lipinski definition) is 5. The van der Waals surface area contributed by atoms with Crippen LogP contribution in [0.2, 0.25) is 0 Å². The molecule has 0 radical (unpaired) electrons. The summed E-state index contributed by atoms with van der Waals surface area (Å²) >= 11 is 0. The van der Waals surface area contributed by atoms with E-state index in [9.17, 15) is 0 Å². The van der Waals surface area contributed by atoms with Gasteiger partial charge in [0.1, 0.15) is 0 Å². The van der Waals surface area contributed by atoms with Crippen LogP contribution < -0.4 is 5.32 Å². The van der Waals surface area contributed by atoms with Crippen molar-refractivity contribution in [2.75, 3.05) is 6.54 Å². The topological polar surface area (TPSA) is 113 Å². The predicted molar refractivity (Wildman–Crippen MR) is 56.5 cm³/mol. The number of carboxylic acids is 2. The average Bonchev–Trinajstić information content (AvgIpc) is 2.88. The van der Waals surface area contributed by atoms with Crippen molar-refractivity contribution in [1.29, 1.82) is 0 Å².